The minimum absolute atomic E-state index is 0. The number of likely N-dealkylation sites (tertiary alicyclic amines) is 1. The minimum atomic E-state index is -0.257. The van der Waals surface area contributed by atoms with Crippen molar-refractivity contribution in [3.05, 3.63) is 29.1 Å². The first-order valence-corrected chi connectivity index (χ1v) is 7.83. The van der Waals surface area contributed by atoms with Crippen molar-refractivity contribution in [2.75, 3.05) is 25.0 Å². The van der Waals surface area contributed by atoms with Gasteiger partial charge in [-0.3, -0.25) is 4.79 Å². The molecule has 0 saturated carbocycles. The van der Waals surface area contributed by atoms with Crippen LogP contribution in [0.5, 0.6) is 0 Å². The fourth-order valence-corrected chi connectivity index (χ4v) is 3.53. The van der Waals surface area contributed by atoms with Crippen molar-refractivity contribution in [2.24, 2.45) is 0 Å². The number of rotatable bonds is 4. The van der Waals surface area contributed by atoms with Crippen molar-refractivity contribution < 1.29 is 46.4 Å². The molecule has 3 nitrogen and oxygen atoms in total. The van der Waals surface area contributed by atoms with Gasteiger partial charge in [0.15, 0.2) is 6.04 Å². The van der Waals surface area contributed by atoms with Crippen LogP contribution in [0.15, 0.2) is 12.1 Å². The van der Waals surface area contributed by atoms with Crippen LogP contribution in [-0.4, -0.2) is 36.1 Å². The molecule has 1 saturated heterocycles. The van der Waals surface area contributed by atoms with Crippen molar-refractivity contribution in [3.8, 4) is 0 Å². The molecule has 2 rings (SSSR count). The van der Waals surface area contributed by atoms with Gasteiger partial charge in [0.2, 0.25) is 0 Å². The number of quaternary nitrogens is 1. The third kappa shape index (κ3) is 3.95. The Bertz CT molecular complexity index is 518. The van der Waals surface area contributed by atoms with Gasteiger partial charge in [-0.2, -0.15) is 0 Å². The SMILES string of the molecule is CC[N+]1(C(C)C(=O)Nc2c(C)cc(F)cc2C)CCCC1.[Y]. The summed E-state index contributed by atoms with van der Waals surface area (Å²) in [5, 5.41) is 3.02. The van der Waals surface area contributed by atoms with E-state index in [1.165, 1.54) is 25.0 Å². The summed E-state index contributed by atoms with van der Waals surface area (Å²) in [6, 6.07) is 2.86. The standard InChI is InChI=1S/C17H25FN2O.Y/c1-5-20(8-6-7-9-20)14(4)17(21)19-16-12(2)10-15(18)11-13(16)3;/h10-11,14H,5-9H2,1-4H3;/p+1. The first-order chi connectivity index (χ1) is 9.89. The number of hydrogen-bond acceptors (Lipinski definition) is 1. The maximum atomic E-state index is 13.3. The van der Waals surface area contributed by atoms with Crippen LogP contribution in [-0.2, 0) is 37.5 Å². The van der Waals surface area contributed by atoms with E-state index >= 15 is 0 Å². The number of carbonyl (C=O) groups is 1. The zero-order valence-electron chi connectivity index (χ0n) is 14.1. The predicted molar refractivity (Wildman–Crippen MR) is 83.7 cm³/mol. The van der Waals surface area contributed by atoms with E-state index in [9.17, 15) is 9.18 Å². The van der Waals surface area contributed by atoms with E-state index in [0.29, 0.717) is 0 Å². The predicted octanol–water partition coefficient (Wildman–Crippen LogP) is 3.40. The molecular formula is C17H26FN2OY+. The van der Waals surface area contributed by atoms with Crippen molar-refractivity contribution in [2.45, 2.75) is 46.6 Å². The molecule has 1 atom stereocenters. The molecule has 1 heterocycles. The van der Waals surface area contributed by atoms with Gasteiger partial charge in [0.1, 0.15) is 5.82 Å². The van der Waals surface area contributed by atoms with E-state index in [2.05, 4.69) is 12.2 Å². The van der Waals surface area contributed by atoms with Crippen LogP contribution >= 0.6 is 0 Å². The molecule has 0 spiro atoms. The number of aryl methyl sites for hydroxylation is 2. The van der Waals surface area contributed by atoms with Crippen LogP contribution in [0.2, 0.25) is 0 Å². The summed E-state index contributed by atoms with van der Waals surface area (Å²) in [6.07, 6.45) is 2.39. The van der Waals surface area contributed by atoms with E-state index in [4.69, 9.17) is 0 Å². The molecule has 119 valence electrons. The molecule has 1 radical (unpaired) electrons. The quantitative estimate of drug-likeness (QED) is 0.795. The van der Waals surface area contributed by atoms with Crippen molar-refractivity contribution in [3.63, 3.8) is 0 Å². The van der Waals surface area contributed by atoms with Gasteiger partial charge in [0.05, 0.1) is 19.6 Å². The molecule has 1 aliphatic heterocycles. The van der Waals surface area contributed by atoms with Crippen LogP contribution in [0, 0.1) is 19.7 Å². The Hall–Kier alpha value is -0.316. The average molecular weight is 382 g/mol. The molecule has 22 heavy (non-hydrogen) atoms. The molecule has 1 unspecified atom stereocenters. The summed E-state index contributed by atoms with van der Waals surface area (Å²) in [5.41, 5.74) is 2.30. The summed E-state index contributed by atoms with van der Waals surface area (Å²) in [7, 11) is 0. The number of hydrogen-bond donors (Lipinski definition) is 1. The fraction of sp³-hybridized carbons (Fsp3) is 0.588. The van der Waals surface area contributed by atoms with Crippen LogP contribution in [0.4, 0.5) is 10.1 Å². The molecule has 5 heteroatoms. The van der Waals surface area contributed by atoms with Crippen molar-refractivity contribution in [1.29, 1.82) is 0 Å². The van der Waals surface area contributed by atoms with Crippen LogP contribution < -0.4 is 5.32 Å². The summed E-state index contributed by atoms with van der Waals surface area (Å²) in [5.74, 6) is -0.218. The normalized spacial score (nSPS) is 17.7. The number of halogens is 1. The van der Waals surface area contributed by atoms with E-state index < -0.39 is 0 Å². The fourth-order valence-electron chi connectivity index (χ4n) is 3.53. The van der Waals surface area contributed by atoms with Gasteiger partial charge in [-0.05, 0) is 51.0 Å². The van der Waals surface area contributed by atoms with Gasteiger partial charge in [-0.1, -0.05) is 0 Å². The van der Waals surface area contributed by atoms with Crippen LogP contribution in [0.3, 0.4) is 0 Å². The molecule has 1 aromatic rings. The monoisotopic (exact) mass is 382 g/mol. The second-order valence-corrected chi connectivity index (χ2v) is 6.27. The summed E-state index contributed by atoms with van der Waals surface area (Å²) in [4.78, 5) is 12.6. The zero-order valence-corrected chi connectivity index (χ0v) is 16.9. The molecule has 1 aliphatic rings. The molecule has 1 aromatic carbocycles. The Morgan fingerprint density at radius 3 is 2.23 bits per heavy atom. The van der Waals surface area contributed by atoms with Gasteiger partial charge in [-0.25, -0.2) is 4.39 Å². The van der Waals surface area contributed by atoms with E-state index in [1.54, 1.807) is 0 Å². The minimum Gasteiger partial charge on any atom is -0.320 e. The van der Waals surface area contributed by atoms with Gasteiger partial charge in [-0.15, -0.1) is 0 Å². The molecular weight excluding hydrogens is 356 g/mol. The van der Waals surface area contributed by atoms with Gasteiger partial charge >= 0.3 is 0 Å². The second-order valence-electron chi connectivity index (χ2n) is 6.27. The topological polar surface area (TPSA) is 29.1 Å². The Labute approximate surface area is 158 Å². The van der Waals surface area contributed by atoms with Crippen LogP contribution in [0.1, 0.15) is 37.8 Å². The summed E-state index contributed by atoms with van der Waals surface area (Å²) >= 11 is 0. The number of nitrogens with one attached hydrogen (secondary N) is 1. The number of carbonyl (C=O) groups excluding carboxylic acids is 1. The Morgan fingerprint density at radius 2 is 1.77 bits per heavy atom. The van der Waals surface area contributed by atoms with E-state index in [0.717, 1.165) is 40.9 Å². The van der Waals surface area contributed by atoms with Crippen molar-refractivity contribution in [1.82, 2.24) is 0 Å². The Balaban J connectivity index is 0.00000242. The van der Waals surface area contributed by atoms with Gasteiger partial charge < -0.3 is 9.80 Å². The summed E-state index contributed by atoms with van der Waals surface area (Å²) < 4.78 is 14.2. The molecule has 1 amide bonds. The molecule has 0 bridgehead atoms. The second kappa shape index (κ2) is 7.98. The average Bonchev–Trinajstić information content (AvgIpc) is 2.91. The van der Waals surface area contributed by atoms with E-state index in [-0.39, 0.29) is 50.5 Å². The van der Waals surface area contributed by atoms with E-state index in [1.807, 2.05) is 20.8 Å². The van der Waals surface area contributed by atoms with Gasteiger partial charge in [0, 0.05) is 51.2 Å². The number of benzene rings is 1. The molecule has 0 aromatic heterocycles. The Kier molecular flexibility index (Phi) is 7.16. The first-order valence-electron chi connectivity index (χ1n) is 7.83. The number of amides is 1. The zero-order chi connectivity index (χ0) is 15.6. The first kappa shape index (κ1) is 19.7. The summed E-state index contributed by atoms with van der Waals surface area (Å²) in [6.45, 7) is 11.0. The number of anilines is 1. The number of nitrogens with zero attached hydrogens (tertiary/aromatic N) is 1. The third-order valence-corrected chi connectivity index (χ3v) is 5.03. The Morgan fingerprint density at radius 1 is 1.27 bits per heavy atom. The van der Waals surface area contributed by atoms with Crippen molar-refractivity contribution >= 4 is 11.6 Å². The van der Waals surface area contributed by atoms with Gasteiger partial charge in [0.25, 0.3) is 5.91 Å². The number of likely N-dealkylation sites (N-methyl/N-ethyl adjacent to an activating group) is 1. The maximum absolute atomic E-state index is 13.3. The molecule has 1 N–H and O–H groups in total. The smallest absolute Gasteiger partial charge is 0.282 e. The largest absolute Gasteiger partial charge is 0.320 e. The third-order valence-electron chi connectivity index (χ3n) is 5.03. The maximum Gasteiger partial charge on any atom is 0.282 e. The van der Waals surface area contributed by atoms with Crippen LogP contribution in [0.25, 0.3) is 0 Å². The molecule has 1 fully saturated rings. The molecule has 0 aliphatic carbocycles.